The molecule has 0 spiro atoms. The molecule has 2 rings (SSSR count). The van der Waals surface area contributed by atoms with E-state index in [1.807, 2.05) is 27.0 Å². The minimum Gasteiger partial charge on any atom is -0.481 e. The molecule has 0 radical (unpaired) electrons. The molecule has 0 amide bonds. The summed E-state index contributed by atoms with van der Waals surface area (Å²) in [5.41, 5.74) is 4.97. The van der Waals surface area contributed by atoms with E-state index >= 15 is 0 Å². The van der Waals surface area contributed by atoms with Gasteiger partial charge in [-0.25, -0.2) is 0 Å². The van der Waals surface area contributed by atoms with Gasteiger partial charge in [-0.1, -0.05) is 17.7 Å². The Labute approximate surface area is 106 Å². The minimum absolute atomic E-state index is 0.0430. The third-order valence-electron chi connectivity index (χ3n) is 2.93. The van der Waals surface area contributed by atoms with Gasteiger partial charge in [0.15, 0.2) is 0 Å². The van der Waals surface area contributed by atoms with Crippen LogP contribution in [0.2, 0.25) is 0 Å². The van der Waals surface area contributed by atoms with Crippen LogP contribution in [0, 0.1) is 13.8 Å². The molecule has 0 aliphatic rings. The lowest BCUT2D eigenvalue weighted by molar-refractivity contribution is -0.136. The molecule has 1 aromatic heterocycles. The first-order valence-electron chi connectivity index (χ1n) is 5.79. The highest BCUT2D eigenvalue weighted by Gasteiger charge is 2.11. The number of nitrogens with zero attached hydrogens (tertiary/aromatic N) is 2. The molecule has 94 valence electrons. The first-order chi connectivity index (χ1) is 8.47. The summed E-state index contributed by atoms with van der Waals surface area (Å²) in [6, 6.07) is 8.06. The van der Waals surface area contributed by atoms with Crippen LogP contribution in [0.3, 0.4) is 0 Å². The molecule has 4 nitrogen and oxygen atoms in total. The van der Waals surface area contributed by atoms with Gasteiger partial charge in [-0.15, -0.1) is 0 Å². The van der Waals surface area contributed by atoms with Crippen LogP contribution in [0.5, 0.6) is 0 Å². The standard InChI is InChI=1S/C14H16N2O2/c1-9-4-5-10(2)12(6-9)13-7-11(8-14(17)18)15-16(13)3/h4-7H,8H2,1-3H3,(H,17,18). The number of aryl methyl sites for hydroxylation is 3. The van der Waals surface area contributed by atoms with Gasteiger partial charge in [0.05, 0.1) is 17.8 Å². The predicted molar refractivity (Wildman–Crippen MR) is 69.5 cm³/mol. The fourth-order valence-corrected chi connectivity index (χ4v) is 2.03. The molecule has 0 fully saturated rings. The molecule has 1 heterocycles. The van der Waals surface area contributed by atoms with Gasteiger partial charge in [-0.2, -0.15) is 5.10 Å². The van der Waals surface area contributed by atoms with Crippen molar-refractivity contribution in [1.82, 2.24) is 9.78 Å². The lowest BCUT2D eigenvalue weighted by Gasteiger charge is -2.07. The fourth-order valence-electron chi connectivity index (χ4n) is 2.03. The van der Waals surface area contributed by atoms with Crippen molar-refractivity contribution in [2.45, 2.75) is 20.3 Å². The minimum atomic E-state index is -0.861. The topological polar surface area (TPSA) is 55.1 Å². The van der Waals surface area contributed by atoms with Crippen molar-refractivity contribution in [3.05, 3.63) is 41.1 Å². The van der Waals surface area contributed by atoms with Gasteiger partial charge in [0.25, 0.3) is 0 Å². The van der Waals surface area contributed by atoms with Crippen LogP contribution >= 0.6 is 0 Å². The molecule has 1 aromatic carbocycles. The molecule has 0 unspecified atom stereocenters. The lowest BCUT2D eigenvalue weighted by atomic mass is 10.0. The maximum absolute atomic E-state index is 10.7. The van der Waals surface area contributed by atoms with Crippen LogP contribution in [0.15, 0.2) is 24.3 Å². The van der Waals surface area contributed by atoms with E-state index in [-0.39, 0.29) is 6.42 Å². The third kappa shape index (κ3) is 2.42. The maximum Gasteiger partial charge on any atom is 0.309 e. The third-order valence-corrected chi connectivity index (χ3v) is 2.93. The van der Waals surface area contributed by atoms with Crippen LogP contribution in [-0.4, -0.2) is 20.9 Å². The number of aromatic nitrogens is 2. The summed E-state index contributed by atoms with van der Waals surface area (Å²) in [6.07, 6.45) is -0.0430. The largest absolute Gasteiger partial charge is 0.481 e. The number of carbonyl (C=O) groups is 1. The van der Waals surface area contributed by atoms with Crippen LogP contribution in [0.25, 0.3) is 11.3 Å². The predicted octanol–water partition coefficient (Wildman–Crippen LogP) is 2.33. The number of hydrogen-bond acceptors (Lipinski definition) is 2. The molecule has 0 atom stereocenters. The zero-order valence-electron chi connectivity index (χ0n) is 10.8. The van der Waals surface area contributed by atoms with Crippen molar-refractivity contribution in [3.63, 3.8) is 0 Å². The van der Waals surface area contributed by atoms with Crippen LogP contribution in [-0.2, 0) is 18.3 Å². The van der Waals surface area contributed by atoms with Crippen molar-refractivity contribution in [1.29, 1.82) is 0 Å². The summed E-state index contributed by atoms with van der Waals surface area (Å²) >= 11 is 0. The second kappa shape index (κ2) is 4.64. The summed E-state index contributed by atoms with van der Waals surface area (Å²) in [5.74, 6) is -0.861. The highest BCUT2D eigenvalue weighted by atomic mass is 16.4. The van der Waals surface area contributed by atoms with Crippen molar-refractivity contribution < 1.29 is 9.90 Å². The van der Waals surface area contributed by atoms with E-state index < -0.39 is 5.97 Å². The zero-order valence-corrected chi connectivity index (χ0v) is 10.8. The van der Waals surface area contributed by atoms with Gasteiger partial charge in [-0.3, -0.25) is 9.48 Å². The Morgan fingerprint density at radius 1 is 1.33 bits per heavy atom. The molecule has 2 aromatic rings. The second-order valence-corrected chi connectivity index (χ2v) is 4.53. The van der Waals surface area contributed by atoms with Crippen molar-refractivity contribution in [2.75, 3.05) is 0 Å². The zero-order chi connectivity index (χ0) is 13.3. The smallest absolute Gasteiger partial charge is 0.309 e. The molecule has 0 bridgehead atoms. The van der Waals surface area contributed by atoms with Gasteiger partial charge >= 0.3 is 5.97 Å². The number of aliphatic carboxylic acids is 1. The Balaban J connectivity index is 2.47. The SMILES string of the molecule is Cc1ccc(C)c(-c2cc(CC(=O)O)nn2C)c1. The number of carboxylic acid groups (broad SMARTS) is 1. The van der Waals surface area contributed by atoms with E-state index in [9.17, 15) is 4.79 Å². The fraction of sp³-hybridized carbons (Fsp3) is 0.286. The first kappa shape index (κ1) is 12.4. The normalized spacial score (nSPS) is 10.6. The van der Waals surface area contributed by atoms with Gasteiger partial charge in [-0.05, 0) is 31.5 Å². The Morgan fingerprint density at radius 2 is 2.06 bits per heavy atom. The highest BCUT2D eigenvalue weighted by Crippen LogP contribution is 2.25. The van der Waals surface area contributed by atoms with Gasteiger partial charge < -0.3 is 5.11 Å². The quantitative estimate of drug-likeness (QED) is 0.901. The second-order valence-electron chi connectivity index (χ2n) is 4.53. The Hall–Kier alpha value is -2.10. The van der Waals surface area contributed by atoms with E-state index in [1.54, 1.807) is 4.68 Å². The monoisotopic (exact) mass is 244 g/mol. The molecule has 0 aliphatic heterocycles. The first-order valence-corrected chi connectivity index (χ1v) is 5.79. The molecule has 18 heavy (non-hydrogen) atoms. The van der Waals surface area contributed by atoms with E-state index in [1.165, 1.54) is 5.56 Å². The molecule has 0 saturated carbocycles. The number of rotatable bonds is 3. The van der Waals surface area contributed by atoms with E-state index in [2.05, 4.69) is 23.3 Å². The van der Waals surface area contributed by atoms with Crippen LogP contribution in [0.1, 0.15) is 16.8 Å². The average molecular weight is 244 g/mol. The summed E-state index contributed by atoms with van der Waals surface area (Å²) < 4.78 is 1.74. The number of benzene rings is 1. The molecule has 0 aliphatic carbocycles. The molecule has 0 saturated heterocycles. The molecule has 1 N–H and O–H groups in total. The van der Waals surface area contributed by atoms with E-state index in [0.717, 1.165) is 16.8 Å². The van der Waals surface area contributed by atoms with Gasteiger partial charge in [0.2, 0.25) is 0 Å². The summed E-state index contributed by atoms with van der Waals surface area (Å²) in [5, 5.41) is 13.0. The number of hydrogen-bond donors (Lipinski definition) is 1. The maximum atomic E-state index is 10.7. The van der Waals surface area contributed by atoms with E-state index in [0.29, 0.717) is 5.69 Å². The molecular formula is C14H16N2O2. The Bertz CT molecular complexity index is 600. The molecular weight excluding hydrogens is 228 g/mol. The van der Waals surface area contributed by atoms with Gasteiger partial charge in [0.1, 0.15) is 0 Å². The lowest BCUT2D eigenvalue weighted by Crippen LogP contribution is -2.01. The van der Waals surface area contributed by atoms with Crippen molar-refractivity contribution >= 4 is 5.97 Å². The Morgan fingerprint density at radius 3 is 2.72 bits per heavy atom. The highest BCUT2D eigenvalue weighted by molar-refractivity contribution is 5.71. The average Bonchev–Trinajstić information content (AvgIpc) is 2.62. The van der Waals surface area contributed by atoms with Crippen LogP contribution in [0.4, 0.5) is 0 Å². The molecule has 4 heteroatoms. The van der Waals surface area contributed by atoms with Gasteiger partial charge in [0, 0.05) is 12.6 Å². The van der Waals surface area contributed by atoms with Crippen molar-refractivity contribution in [2.24, 2.45) is 7.05 Å². The summed E-state index contributed by atoms with van der Waals surface area (Å²) in [7, 11) is 1.84. The summed E-state index contributed by atoms with van der Waals surface area (Å²) in [4.78, 5) is 10.7. The van der Waals surface area contributed by atoms with Crippen molar-refractivity contribution in [3.8, 4) is 11.3 Å². The summed E-state index contributed by atoms with van der Waals surface area (Å²) in [6.45, 7) is 4.08. The van der Waals surface area contributed by atoms with E-state index in [4.69, 9.17) is 5.11 Å². The number of carboxylic acids is 1. The Kier molecular flexibility index (Phi) is 3.19. The van der Waals surface area contributed by atoms with Crippen LogP contribution < -0.4 is 0 Å².